The number of benzene rings is 1. The van der Waals surface area contributed by atoms with Gasteiger partial charge in [-0.05, 0) is 42.5 Å². The van der Waals surface area contributed by atoms with Gasteiger partial charge in [-0.2, -0.15) is 0 Å². The van der Waals surface area contributed by atoms with E-state index in [0.29, 0.717) is 10.9 Å². The number of rotatable bonds is 5. The number of nitrogens with one attached hydrogen (secondary N) is 1. The van der Waals surface area contributed by atoms with Crippen molar-refractivity contribution in [1.29, 1.82) is 0 Å². The highest BCUT2D eigenvalue weighted by Crippen LogP contribution is 2.23. The summed E-state index contributed by atoms with van der Waals surface area (Å²) in [6.07, 6.45) is 7.42. The number of carbonyl (C=O) groups excluding carboxylic acids is 2. The van der Waals surface area contributed by atoms with E-state index in [2.05, 4.69) is 12.2 Å². The lowest BCUT2D eigenvalue weighted by Gasteiger charge is -2.29. The van der Waals surface area contributed by atoms with Gasteiger partial charge in [-0.15, -0.1) is 0 Å². The highest BCUT2D eigenvalue weighted by molar-refractivity contribution is 6.30. The molecule has 124 valence electrons. The van der Waals surface area contributed by atoms with E-state index in [-0.39, 0.29) is 18.6 Å². The molecule has 23 heavy (non-hydrogen) atoms. The molecule has 0 aliphatic heterocycles. The van der Waals surface area contributed by atoms with Gasteiger partial charge in [0.1, 0.15) is 0 Å². The third-order valence-corrected chi connectivity index (χ3v) is 4.34. The quantitative estimate of drug-likeness (QED) is 0.661. The number of esters is 1. The molecule has 0 spiro atoms. The summed E-state index contributed by atoms with van der Waals surface area (Å²) in [4.78, 5) is 23.5. The fourth-order valence-electron chi connectivity index (χ4n) is 2.70. The molecule has 1 aliphatic rings. The number of hydrogen-bond acceptors (Lipinski definition) is 3. The third-order valence-electron chi connectivity index (χ3n) is 4.09. The zero-order valence-corrected chi connectivity index (χ0v) is 14.0. The van der Waals surface area contributed by atoms with Crippen molar-refractivity contribution in [2.75, 3.05) is 6.61 Å². The molecular formula is C18H22ClNO3. The second-order valence-electron chi connectivity index (χ2n) is 5.93. The minimum Gasteiger partial charge on any atom is -0.452 e. The van der Waals surface area contributed by atoms with E-state index in [1.54, 1.807) is 30.3 Å². The summed E-state index contributed by atoms with van der Waals surface area (Å²) in [5.41, 5.74) is 0.840. The Kier molecular flexibility index (Phi) is 6.66. The number of carbonyl (C=O) groups is 2. The van der Waals surface area contributed by atoms with Gasteiger partial charge < -0.3 is 10.1 Å². The van der Waals surface area contributed by atoms with Crippen molar-refractivity contribution >= 4 is 29.6 Å². The third kappa shape index (κ3) is 6.06. The van der Waals surface area contributed by atoms with E-state index < -0.39 is 5.97 Å². The molecule has 0 saturated heterocycles. The summed E-state index contributed by atoms with van der Waals surface area (Å²) in [5, 5.41) is 3.59. The Bertz CT molecular complexity index is 568. The van der Waals surface area contributed by atoms with Crippen LogP contribution in [-0.2, 0) is 14.3 Å². The fourth-order valence-corrected chi connectivity index (χ4v) is 2.83. The molecule has 1 aliphatic carbocycles. The molecule has 0 aromatic heterocycles. The first kappa shape index (κ1) is 17.5. The smallest absolute Gasteiger partial charge is 0.331 e. The summed E-state index contributed by atoms with van der Waals surface area (Å²) in [5.74, 6) is -0.294. The predicted molar refractivity (Wildman–Crippen MR) is 91.0 cm³/mol. The Morgan fingerprint density at radius 2 is 1.96 bits per heavy atom. The van der Waals surface area contributed by atoms with Gasteiger partial charge in [-0.1, -0.05) is 43.5 Å². The molecule has 1 aromatic carbocycles. The highest BCUT2D eigenvalue weighted by atomic mass is 35.5. The van der Waals surface area contributed by atoms with Crippen molar-refractivity contribution in [1.82, 2.24) is 5.32 Å². The van der Waals surface area contributed by atoms with E-state index in [4.69, 9.17) is 16.3 Å². The van der Waals surface area contributed by atoms with E-state index in [1.165, 1.54) is 12.5 Å². The van der Waals surface area contributed by atoms with Gasteiger partial charge in [0, 0.05) is 17.1 Å². The minimum atomic E-state index is -0.535. The van der Waals surface area contributed by atoms with Crippen molar-refractivity contribution in [2.24, 2.45) is 5.92 Å². The average molecular weight is 336 g/mol. The van der Waals surface area contributed by atoms with Crippen molar-refractivity contribution in [3.63, 3.8) is 0 Å². The van der Waals surface area contributed by atoms with Crippen LogP contribution in [0.5, 0.6) is 0 Å². The van der Waals surface area contributed by atoms with Crippen molar-refractivity contribution in [3.05, 3.63) is 40.9 Å². The van der Waals surface area contributed by atoms with Crippen LogP contribution in [0.3, 0.4) is 0 Å². The second-order valence-corrected chi connectivity index (χ2v) is 6.36. The molecule has 1 aromatic rings. The topological polar surface area (TPSA) is 55.4 Å². The van der Waals surface area contributed by atoms with Crippen LogP contribution in [0.25, 0.3) is 6.08 Å². The molecule has 1 saturated carbocycles. The van der Waals surface area contributed by atoms with Crippen LogP contribution in [0, 0.1) is 5.92 Å². The fraction of sp³-hybridized carbons (Fsp3) is 0.444. The Hall–Kier alpha value is -1.81. The molecule has 2 rings (SSSR count). The second kappa shape index (κ2) is 8.73. The Morgan fingerprint density at radius 3 is 2.65 bits per heavy atom. The summed E-state index contributed by atoms with van der Waals surface area (Å²) in [6.45, 7) is 1.90. The lowest BCUT2D eigenvalue weighted by Crippen LogP contribution is -2.42. The van der Waals surface area contributed by atoms with Gasteiger partial charge in [0.05, 0.1) is 0 Å². The first-order valence-electron chi connectivity index (χ1n) is 7.94. The molecule has 0 unspecified atom stereocenters. The molecule has 0 radical (unpaired) electrons. The van der Waals surface area contributed by atoms with Gasteiger partial charge in [-0.25, -0.2) is 4.79 Å². The molecule has 0 bridgehead atoms. The van der Waals surface area contributed by atoms with E-state index in [0.717, 1.165) is 24.8 Å². The monoisotopic (exact) mass is 335 g/mol. The van der Waals surface area contributed by atoms with Crippen LogP contribution >= 0.6 is 11.6 Å². The highest BCUT2D eigenvalue weighted by Gasteiger charge is 2.22. The SMILES string of the molecule is C[C@H]1CCCC[C@H]1NC(=O)COC(=O)/C=C/c1ccc(Cl)cc1. The largest absolute Gasteiger partial charge is 0.452 e. The van der Waals surface area contributed by atoms with Gasteiger partial charge >= 0.3 is 5.97 Å². The maximum Gasteiger partial charge on any atom is 0.331 e. The normalized spacial score (nSPS) is 21.1. The minimum absolute atomic E-state index is 0.194. The Balaban J connectivity index is 1.73. The van der Waals surface area contributed by atoms with E-state index in [9.17, 15) is 9.59 Å². The summed E-state index contributed by atoms with van der Waals surface area (Å²) >= 11 is 5.79. The Morgan fingerprint density at radius 1 is 1.26 bits per heavy atom. The predicted octanol–water partition coefficient (Wildman–Crippen LogP) is 3.59. The summed E-state index contributed by atoms with van der Waals surface area (Å²) in [7, 11) is 0. The molecule has 2 atom stereocenters. The van der Waals surface area contributed by atoms with Crippen molar-refractivity contribution < 1.29 is 14.3 Å². The number of amides is 1. The van der Waals surface area contributed by atoms with Gasteiger partial charge in [0.15, 0.2) is 6.61 Å². The number of hydrogen-bond donors (Lipinski definition) is 1. The van der Waals surface area contributed by atoms with Crippen LogP contribution in [0.15, 0.2) is 30.3 Å². The number of ether oxygens (including phenoxy) is 1. The molecule has 1 fully saturated rings. The van der Waals surface area contributed by atoms with Gasteiger partial charge in [0.25, 0.3) is 5.91 Å². The number of halogens is 1. The van der Waals surface area contributed by atoms with Crippen LogP contribution in [0.4, 0.5) is 0 Å². The van der Waals surface area contributed by atoms with Gasteiger partial charge in [-0.3, -0.25) is 4.79 Å². The zero-order valence-electron chi connectivity index (χ0n) is 13.3. The van der Waals surface area contributed by atoms with E-state index in [1.807, 2.05) is 0 Å². The van der Waals surface area contributed by atoms with Crippen LogP contribution in [0.1, 0.15) is 38.2 Å². The summed E-state index contributed by atoms with van der Waals surface area (Å²) < 4.78 is 4.96. The molecule has 5 heteroatoms. The van der Waals surface area contributed by atoms with Crippen molar-refractivity contribution in [2.45, 2.75) is 38.6 Å². The molecule has 0 heterocycles. The molecular weight excluding hydrogens is 314 g/mol. The van der Waals surface area contributed by atoms with Crippen molar-refractivity contribution in [3.8, 4) is 0 Å². The standard InChI is InChI=1S/C18H22ClNO3/c1-13-4-2-3-5-16(13)20-17(21)12-23-18(22)11-8-14-6-9-15(19)10-7-14/h6-11,13,16H,2-5,12H2,1H3,(H,20,21)/b11-8+/t13-,16+/m0/s1. The van der Waals surface area contributed by atoms with Crippen LogP contribution in [0.2, 0.25) is 5.02 Å². The molecule has 4 nitrogen and oxygen atoms in total. The van der Waals surface area contributed by atoms with E-state index >= 15 is 0 Å². The maximum atomic E-state index is 11.8. The molecule has 1 N–H and O–H groups in total. The Labute approximate surface area is 141 Å². The average Bonchev–Trinajstić information content (AvgIpc) is 2.54. The zero-order chi connectivity index (χ0) is 16.7. The van der Waals surface area contributed by atoms with Crippen LogP contribution in [-0.4, -0.2) is 24.5 Å². The summed E-state index contributed by atoms with van der Waals surface area (Å²) in [6, 6.07) is 7.27. The maximum absolute atomic E-state index is 11.8. The van der Waals surface area contributed by atoms with Gasteiger partial charge in [0.2, 0.25) is 0 Å². The lowest BCUT2D eigenvalue weighted by molar-refractivity contribution is -0.144. The van der Waals surface area contributed by atoms with Crippen LogP contribution < -0.4 is 5.32 Å². The molecule has 1 amide bonds. The lowest BCUT2D eigenvalue weighted by atomic mass is 9.86. The first-order valence-corrected chi connectivity index (χ1v) is 8.32. The first-order chi connectivity index (χ1) is 11.0.